The van der Waals surface area contributed by atoms with Crippen LogP contribution in [0.4, 0.5) is 0 Å². The zero-order chi connectivity index (χ0) is 18.7. The predicted molar refractivity (Wildman–Crippen MR) is 103 cm³/mol. The Balaban J connectivity index is 2.16. The van der Waals surface area contributed by atoms with Crippen LogP contribution in [-0.2, 0) is 9.53 Å². The van der Waals surface area contributed by atoms with E-state index in [-0.39, 0.29) is 0 Å². The van der Waals surface area contributed by atoms with Gasteiger partial charge in [0, 0.05) is 5.02 Å². The Labute approximate surface area is 161 Å². The molecule has 0 fully saturated rings. The Kier molecular flexibility index (Phi) is 5.21. The molecule has 7 heteroatoms. The van der Waals surface area contributed by atoms with E-state index < -0.39 is 12.0 Å². The molecule has 0 radical (unpaired) electrons. The Bertz CT molecular complexity index is 931. The average Bonchev–Trinajstić information content (AvgIpc) is 2.67. The normalized spacial score (nSPS) is 16.3. The zero-order valence-corrected chi connectivity index (χ0v) is 15.3. The summed E-state index contributed by atoms with van der Waals surface area (Å²) < 4.78 is 5.00. The van der Waals surface area contributed by atoms with Gasteiger partial charge in [0.15, 0.2) is 5.11 Å². The summed E-state index contributed by atoms with van der Waals surface area (Å²) in [5.74, 6) is -0.480. The fourth-order valence-electron chi connectivity index (χ4n) is 2.74. The van der Waals surface area contributed by atoms with Crippen molar-refractivity contribution in [1.29, 1.82) is 5.26 Å². The third-order valence-corrected chi connectivity index (χ3v) is 4.46. The molecule has 1 aliphatic rings. The largest absolute Gasteiger partial charge is 0.466 e. The van der Waals surface area contributed by atoms with Gasteiger partial charge < -0.3 is 15.4 Å². The first-order chi connectivity index (χ1) is 12.5. The molecule has 5 nitrogen and oxygen atoms in total. The van der Waals surface area contributed by atoms with Crippen molar-refractivity contribution in [2.75, 3.05) is 7.11 Å². The molecule has 26 heavy (non-hydrogen) atoms. The first-order valence-electron chi connectivity index (χ1n) is 7.69. The molecule has 0 amide bonds. The SMILES string of the molecule is COC(=O)C1=C(c2ccc(Cl)cc2)NC(=S)N[C@H]1c1ccc(C#N)cc1. The third kappa shape index (κ3) is 3.54. The number of hydrogen-bond donors (Lipinski definition) is 2. The lowest BCUT2D eigenvalue weighted by molar-refractivity contribution is -0.136. The van der Waals surface area contributed by atoms with Gasteiger partial charge in [-0.25, -0.2) is 4.79 Å². The van der Waals surface area contributed by atoms with Crippen LogP contribution in [0.15, 0.2) is 54.1 Å². The van der Waals surface area contributed by atoms with Crippen LogP contribution in [0.25, 0.3) is 5.70 Å². The molecule has 0 aliphatic carbocycles. The summed E-state index contributed by atoms with van der Waals surface area (Å²) in [4.78, 5) is 12.5. The molecule has 0 spiro atoms. The molecular formula is C19H14ClN3O2S. The third-order valence-electron chi connectivity index (χ3n) is 3.98. The minimum Gasteiger partial charge on any atom is -0.466 e. The molecular weight excluding hydrogens is 370 g/mol. The van der Waals surface area contributed by atoms with E-state index in [4.69, 9.17) is 33.8 Å². The number of rotatable bonds is 3. The minimum atomic E-state index is -0.505. The van der Waals surface area contributed by atoms with Crippen molar-refractivity contribution in [3.05, 3.63) is 75.8 Å². The van der Waals surface area contributed by atoms with Crippen LogP contribution in [0.1, 0.15) is 22.7 Å². The highest BCUT2D eigenvalue weighted by Gasteiger charge is 2.32. The van der Waals surface area contributed by atoms with Crippen LogP contribution >= 0.6 is 23.8 Å². The number of nitrogens with zero attached hydrogens (tertiary/aromatic N) is 1. The van der Waals surface area contributed by atoms with Gasteiger partial charge in [0.25, 0.3) is 0 Å². The second kappa shape index (κ2) is 7.56. The van der Waals surface area contributed by atoms with Crippen LogP contribution in [0.5, 0.6) is 0 Å². The van der Waals surface area contributed by atoms with Gasteiger partial charge in [-0.1, -0.05) is 35.9 Å². The summed E-state index contributed by atoms with van der Waals surface area (Å²) >= 11 is 11.3. The summed E-state index contributed by atoms with van der Waals surface area (Å²) in [6.07, 6.45) is 0. The number of nitriles is 1. The van der Waals surface area contributed by atoms with Crippen LogP contribution in [0, 0.1) is 11.3 Å². The van der Waals surface area contributed by atoms with Gasteiger partial charge in [-0.3, -0.25) is 0 Å². The van der Waals surface area contributed by atoms with Gasteiger partial charge in [-0.05, 0) is 47.6 Å². The Hall–Kier alpha value is -2.88. The second-order valence-corrected chi connectivity index (χ2v) is 6.40. The van der Waals surface area contributed by atoms with E-state index in [1.165, 1.54) is 7.11 Å². The van der Waals surface area contributed by atoms with Crippen molar-refractivity contribution >= 4 is 40.6 Å². The number of ether oxygens (including phenoxy) is 1. The van der Waals surface area contributed by atoms with E-state index in [0.29, 0.717) is 27.0 Å². The highest BCUT2D eigenvalue weighted by Crippen LogP contribution is 2.32. The number of halogens is 1. The zero-order valence-electron chi connectivity index (χ0n) is 13.7. The van der Waals surface area contributed by atoms with Crippen molar-refractivity contribution in [2.24, 2.45) is 0 Å². The van der Waals surface area contributed by atoms with Gasteiger partial charge >= 0.3 is 5.97 Å². The molecule has 1 aliphatic heterocycles. The van der Waals surface area contributed by atoms with E-state index in [2.05, 4.69) is 16.7 Å². The maximum atomic E-state index is 12.5. The molecule has 0 aromatic heterocycles. The van der Waals surface area contributed by atoms with Crippen LogP contribution in [-0.4, -0.2) is 18.2 Å². The maximum Gasteiger partial charge on any atom is 0.338 e. The highest BCUT2D eigenvalue weighted by atomic mass is 35.5. The molecule has 130 valence electrons. The Morgan fingerprint density at radius 3 is 2.42 bits per heavy atom. The molecule has 2 N–H and O–H groups in total. The Morgan fingerprint density at radius 1 is 1.19 bits per heavy atom. The number of carbonyl (C=O) groups excluding carboxylic acids is 1. The quantitative estimate of drug-likeness (QED) is 0.625. The van der Waals surface area contributed by atoms with E-state index in [9.17, 15) is 4.79 Å². The van der Waals surface area contributed by atoms with Gasteiger partial charge in [0.2, 0.25) is 0 Å². The smallest absolute Gasteiger partial charge is 0.338 e. The van der Waals surface area contributed by atoms with Crippen LogP contribution in [0.2, 0.25) is 5.02 Å². The Morgan fingerprint density at radius 2 is 1.85 bits per heavy atom. The van der Waals surface area contributed by atoms with Gasteiger partial charge in [0.05, 0.1) is 36.1 Å². The second-order valence-electron chi connectivity index (χ2n) is 5.55. The summed E-state index contributed by atoms with van der Waals surface area (Å²) in [5, 5.41) is 16.1. The molecule has 1 atom stereocenters. The van der Waals surface area contributed by atoms with Crippen molar-refractivity contribution in [1.82, 2.24) is 10.6 Å². The van der Waals surface area contributed by atoms with Crippen LogP contribution in [0.3, 0.4) is 0 Å². The molecule has 0 unspecified atom stereocenters. The number of methoxy groups -OCH3 is 1. The van der Waals surface area contributed by atoms with Crippen molar-refractivity contribution in [3.8, 4) is 6.07 Å². The molecule has 0 bridgehead atoms. The topological polar surface area (TPSA) is 74.2 Å². The van der Waals surface area contributed by atoms with E-state index in [1.54, 1.807) is 48.5 Å². The predicted octanol–water partition coefficient (Wildman–Crippen LogP) is 3.31. The first kappa shape index (κ1) is 17.9. The number of nitrogens with one attached hydrogen (secondary N) is 2. The van der Waals surface area contributed by atoms with Crippen molar-refractivity contribution in [3.63, 3.8) is 0 Å². The average molecular weight is 384 g/mol. The number of carbonyl (C=O) groups is 1. The van der Waals surface area contributed by atoms with Crippen molar-refractivity contribution < 1.29 is 9.53 Å². The van der Waals surface area contributed by atoms with E-state index in [0.717, 1.165) is 11.1 Å². The summed E-state index contributed by atoms with van der Waals surface area (Å²) in [6.45, 7) is 0. The van der Waals surface area contributed by atoms with Gasteiger partial charge in [-0.15, -0.1) is 0 Å². The van der Waals surface area contributed by atoms with Crippen LogP contribution < -0.4 is 10.6 Å². The summed E-state index contributed by atoms with van der Waals surface area (Å²) in [5.41, 5.74) is 3.04. The molecule has 3 rings (SSSR count). The van der Waals surface area contributed by atoms with E-state index >= 15 is 0 Å². The fraction of sp³-hybridized carbons (Fsp3) is 0.105. The lowest BCUT2D eigenvalue weighted by atomic mass is 9.92. The maximum absolute atomic E-state index is 12.5. The fourth-order valence-corrected chi connectivity index (χ4v) is 3.08. The van der Waals surface area contributed by atoms with Gasteiger partial charge in [0.1, 0.15) is 0 Å². The lowest BCUT2D eigenvalue weighted by Gasteiger charge is -2.31. The molecule has 1 heterocycles. The number of esters is 1. The van der Waals surface area contributed by atoms with E-state index in [1.807, 2.05) is 0 Å². The molecule has 0 saturated carbocycles. The molecule has 2 aromatic rings. The molecule has 2 aromatic carbocycles. The molecule has 0 saturated heterocycles. The number of hydrogen-bond acceptors (Lipinski definition) is 4. The lowest BCUT2D eigenvalue weighted by Crippen LogP contribution is -2.45. The monoisotopic (exact) mass is 383 g/mol. The number of thiocarbonyl (C=S) groups is 1. The highest BCUT2D eigenvalue weighted by molar-refractivity contribution is 7.80. The summed E-state index contributed by atoms with van der Waals surface area (Å²) in [6, 6.07) is 15.6. The number of benzene rings is 2. The van der Waals surface area contributed by atoms with Crippen molar-refractivity contribution in [2.45, 2.75) is 6.04 Å². The van der Waals surface area contributed by atoms with Gasteiger partial charge in [-0.2, -0.15) is 5.26 Å². The summed E-state index contributed by atoms with van der Waals surface area (Å²) in [7, 11) is 1.33. The first-order valence-corrected chi connectivity index (χ1v) is 8.48. The minimum absolute atomic E-state index is 0.386. The standard InChI is InChI=1S/C19H14ClN3O2S/c1-25-18(24)15-16(12-4-2-11(10-21)3-5-12)22-19(26)23-17(15)13-6-8-14(20)9-7-13/h2-9,16H,1H3,(H2,22,23,26)/t16-/m0/s1.